The largest absolute Gasteiger partial charge is 0.450 e. The van der Waals surface area contributed by atoms with E-state index in [9.17, 15) is 14.4 Å². The summed E-state index contributed by atoms with van der Waals surface area (Å²) < 4.78 is 5.97. The smallest absolute Gasteiger partial charge is 0.291 e. The van der Waals surface area contributed by atoms with Gasteiger partial charge in [0.15, 0.2) is 11.0 Å². The lowest BCUT2D eigenvalue weighted by molar-refractivity contribution is -0.126. The van der Waals surface area contributed by atoms with Crippen LogP contribution >= 0.6 is 11.6 Å². The van der Waals surface area contributed by atoms with Crippen molar-refractivity contribution in [2.75, 3.05) is 18.0 Å². The highest BCUT2D eigenvalue weighted by Crippen LogP contribution is 2.52. The summed E-state index contributed by atoms with van der Waals surface area (Å²) in [6.07, 6.45) is 3.13. The first-order valence-corrected chi connectivity index (χ1v) is 11.0. The van der Waals surface area contributed by atoms with Gasteiger partial charge < -0.3 is 14.2 Å². The third-order valence-corrected chi connectivity index (χ3v) is 6.48. The zero-order valence-electron chi connectivity index (χ0n) is 17.6. The number of para-hydroxylation sites is 1. The number of carbonyl (C=O) groups excluding carboxylic acids is 2. The molecule has 1 atom stereocenters. The Morgan fingerprint density at radius 3 is 2.69 bits per heavy atom. The van der Waals surface area contributed by atoms with Gasteiger partial charge in [0.25, 0.3) is 11.8 Å². The van der Waals surface area contributed by atoms with Crippen LogP contribution in [0.2, 0.25) is 5.02 Å². The molecule has 2 aliphatic rings. The minimum atomic E-state index is -1.57. The molecule has 3 heterocycles. The molecule has 3 aromatic rings. The maximum atomic E-state index is 14.1. The molecule has 0 N–H and O–H groups in total. The van der Waals surface area contributed by atoms with Crippen LogP contribution in [0.3, 0.4) is 0 Å². The molecule has 0 aliphatic carbocycles. The lowest BCUT2D eigenvalue weighted by atomic mass is 9.84. The zero-order chi connectivity index (χ0) is 22.6. The van der Waals surface area contributed by atoms with E-state index in [1.807, 2.05) is 25.1 Å². The van der Waals surface area contributed by atoms with E-state index < -0.39 is 16.9 Å². The van der Waals surface area contributed by atoms with E-state index in [0.29, 0.717) is 29.2 Å². The van der Waals surface area contributed by atoms with Crippen molar-refractivity contribution in [3.05, 3.63) is 87.3 Å². The van der Waals surface area contributed by atoms with Gasteiger partial charge in [0.05, 0.1) is 16.6 Å². The molecule has 2 amide bonds. The SMILES string of the molecule is C=CCN1C(=O)C2(c3ccccc31)c1c(oc3ccc(Cl)cc3c1=O)C(=O)N2CCCC. The highest BCUT2D eigenvalue weighted by atomic mass is 35.5. The second-order valence-electron chi connectivity index (χ2n) is 8.02. The number of amides is 2. The molecule has 2 aliphatic heterocycles. The van der Waals surface area contributed by atoms with Crippen molar-refractivity contribution >= 4 is 40.1 Å². The van der Waals surface area contributed by atoms with Gasteiger partial charge in [-0.05, 0) is 30.7 Å². The average Bonchev–Trinajstić information content (AvgIpc) is 3.18. The fourth-order valence-corrected chi connectivity index (χ4v) is 5.06. The standard InChI is InChI=1S/C25H21ClN2O4/c1-3-5-13-28-23(30)22-20(21(29)16-14-15(26)10-11-19(16)32-22)25(28)17-8-6-7-9-18(17)27(12-4-2)24(25)31/h4,6-11,14H,2-3,5,12-13H2,1H3. The number of carbonyl (C=O) groups is 2. The molecule has 6 nitrogen and oxygen atoms in total. The molecule has 0 fully saturated rings. The van der Waals surface area contributed by atoms with E-state index in [-0.39, 0.29) is 34.7 Å². The van der Waals surface area contributed by atoms with E-state index in [0.717, 1.165) is 6.42 Å². The molecule has 1 unspecified atom stereocenters. The number of halogens is 1. The van der Waals surface area contributed by atoms with Gasteiger partial charge in [0, 0.05) is 23.7 Å². The first-order chi connectivity index (χ1) is 15.5. The molecule has 2 aromatic carbocycles. The number of nitrogens with zero attached hydrogens (tertiary/aromatic N) is 2. The molecule has 1 spiro atoms. The van der Waals surface area contributed by atoms with E-state index in [1.165, 1.54) is 11.0 Å². The number of rotatable bonds is 5. The minimum absolute atomic E-state index is 0.0670. The van der Waals surface area contributed by atoms with E-state index >= 15 is 0 Å². The van der Waals surface area contributed by atoms with Crippen LogP contribution in [-0.2, 0) is 10.3 Å². The monoisotopic (exact) mass is 448 g/mol. The van der Waals surface area contributed by atoms with Crippen molar-refractivity contribution in [3.63, 3.8) is 0 Å². The lowest BCUT2D eigenvalue weighted by Crippen LogP contribution is -2.53. The number of hydrogen-bond acceptors (Lipinski definition) is 4. The van der Waals surface area contributed by atoms with Crippen LogP contribution in [0.1, 0.15) is 41.4 Å². The maximum Gasteiger partial charge on any atom is 0.291 e. The number of unbranched alkanes of at least 4 members (excludes halogenated alkanes) is 1. The number of hydrogen-bond donors (Lipinski definition) is 0. The second-order valence-corrected chi connectivity index (χ2v) is 8.45. The number of anilines is 1. The normalized spacial score (nSPS) is 19.2. The van der Waals surface area contributed by atoms with E-state index in [1.54, 1.807) is 29.2 Å². The quantitative estimate of drug-likeness (QED) is 0.539. The maximum absolute atomic E-state index is 14.1. The van der Waals surface area contributed by atoms with Gasteiger partial charge in [-0.2, -0.15) is 0 Å². The summed E-state index contributed by atoms with van der Waals surface area (Å²) in [5.41, 5.74) is -0.398. The first kappa shape index (κ1) is 20.5. The molecular formula is C25H21ClN2O4. The number of benzene rings is 2. The summed E-state index contributed by atoms with van der Waals surface area (Å²) in [6, 6.07) is 12.0. The Bertz CT molecular complexity index is 1360. The van der Waals surface area contributed by atoms with Crippen LogP contribution in [0.5, 0.6) is 0 Å². The molecule has 1 aromatic heterocycles. The Morgan fingerprint density at radius 1 is 1.16 bits per heavy atom. The third kappa shape index (κ3) is 2.50. The summed E-state index contributed by atoms with van der Waals surface area (Å²) in [4.78, 5) is 44.6. The van der Waals surface area contributed by atoms with Crippen molar-refractivity contribution in [2.24, 2.45) is 0 Å². The minimum Gasteiger partial charge on any atom is -0.450 e. The Hall–Kier alpha value is -3.38. The zero-order valence-corrected chi connectivity index (χ0v) is 18.3. The molecule has 0 saturated carbocycles. The predicted molar refractivity (Wildman–Crippen MR) is 123 cm³/mol. The van der Waals surface area contributed by atoms with Gasteiger partial charge in [-0.1, -0.05) is 49.2 Å². The van der Waals surface area contributed by atoms with Crippen LogP contribution in [0.25, 0.3) is 11.0 Å². The molecule has 162 valence electrons. The Balaban J connectivity index is 1.91. The van der Waals surface area contributed by atoms with Gasteiger partial charge in [-0.25, -0.2) is 0 Å². The van der Waals surface area contributed by atoms with Gasteiger partial charge >= 0.3 is 0 Å². The Kier molecular flexibility index (Phi) is 4.71. The molecule has 0 saturated heterocycles. The van der Waals surface area contributed by atoms with Crippen LogP contribution in [-0.4, -0.2) is 29.8 Å². The molecule has 32 heavy (non-hydrogen) atoms. The summed E-state index contributed by atoms with van der Waals surface area (Å²) >= 11 is 6.15. The van der Waals surface area contributed by atoms with Gasteiger partial charge in [-0.15, -0.1) is 6.58 Å². The Labute approximate surface area is 189 Å². The van der Waals surface area contributed by atoms with Gasteiger partial charge in [0.2, 0.25) is 5.76 Å². The molecule has 0 bridgehead atoms. The first-order valence-electron chi connectivity index (χ1n) is 10.6. The summed E-state index contributed by atoms with van der Waals surface area (Å²) in [5, 5.41) is 0.616. The fraction of sp³-hybridized carbons (Fsp3) is 0.240. The van der Waals surface area contributed by atoms with Crippen LogP contribution in [0.15, 0.2) is 64.3 Å². The van der Waals surface area contributed by atoms with Crippen LogP contribution in [0.4, 0.5) is 5.69 Å². The highest BCUT2D eigenvalue weighted by molar-refractivity contribution is 6.31. The lowest BCUT2D eigenvalue weighted by Gasteiger charge is -2.34. The molecular weight excluding hydrogens is 428 g/mol. The van der Waals surface area contributed by atoms with Gasteiger partial charge in [-0.3, -0.25) is 14.4 Å². The molecule has 7 heteroatoms. The second kappa shape index (κ2) is 7.35. The third-order valence-electron chi connectivity index (χ3n) is 6.24. The summed E-state index contributed by atoms with van der Waals surface area (Å²) in [7, 11) is 0. The predicted octanol–water partition coefficient (Wildman–Crippen LogP) is 4.48. The summed E-state index contributed by atoms with van der Waals surface area (Å²) in [6.45, 7) is 6.36. The van der Waals surface area contributed by atoms with Crippen molar-refractivity contribution in [2.45, 2.75) is 25.3 Å². The van der Waals surface area contributed by atoms with Crippen molar-refractivity contribution < 1.29 is 14.0 Å². The van der Waals surface area contributed by atoms with E-state index in [2.05, 4.69) is 6.58 Å². The van der Waals surface area contributed by atoms with Crippen molar-refractivity contribution in [3.8, 4) is 0 Å². The van der Waals surface area contributed by atoms with E-state index in [4.69, 9.17) is 16.0 Å². The van der Waals surface area contributed by atoms with Crippen LogP contribution < -0.4 is 10.3 Å². The highest BCUT2D eigenvalue weighted by Gasteiger charge is 2.64. The van der Waals surface area contributed by atoms with Gasteiger partial charge in [0.1, 0.15) is 5.58 Å². The van der Waals surface area contributed by atoms with Crippen molar-refractivity contribution in [1.29, 1.82) is 0 Å². The van der Waals surface area contributed by atoms with Crippen molar-refractivity contribution in [1.82, 2.24) is 4.90 Å². The Morgan fingerprint density at radius 2 is 1.94 bits per heavy atom. The van der Waals surface area contributed by atoms with Crippen LogP contribution in [0, 0.1) is 0 Å². The molecule has 0 radical (unpaired) electrons. The fourth-order valence-electron chi connectivity index (χ4n) is 4.89. The topological polar surface area (TPSA) is 70.8 Å². The molecule has 5 rings (SSSR count). The summed E-state index contributed by atoms with van der Waals surface area (Å²) in [5.74, 6) is -0.883. The number of fused-ring (bicyclic) bond motifs is 5. The average molecular weight is 449 g/mol.